The molecular weight excluding hydrogens is 386 g/mol. The van der Waals surface area contributed by atoms with E-state index in [1.54, 1.807) is 30.4 Å². The van der Waals surface area contributed by atoms with Crippen molar-refractivity contribution in [3.8, 4) is 10.6 Å². The first-order valence-electron chi connectivity index (χ1n) is 7.81. The summed E-state index contributed by atoms with van der Waals surface area (Å²) in [5.41, 5.74) is 7.47. The molecule has 3 rings (SSSR count). The van der Waals surface area contributed by atoms with Crippen LogP contribution in [0.4, 0.5) is 5.69 Å². The van der Waals surface area contributed by atoms with E-state index in [-0.39, 0.29) is 0 Å². The number of aryl methyl sites for hydroxylation is 1. The molecule has 0 aliphatic rings. The van der Waals surface area contributed by atoms with Crippen LogP contribution in [-0.4, -0.2) is 29.4 Å². The van der Waals surface area contributed by atoms with Crippen LogP contribution in [0.25, 0.3) is 10.6 Å². The molecule has 0 spiro atoms. The van der Waals surface area contributed by atoms with Gasteiger partial charge in [-0.15, -0.1) is 11.3 Å². The highest BCUT2D eigenvalue weighted by Gasteiger charge is 2.19. The van der Waals surface area contributed by atoms with Crippen LogP contribution in [0.1, 0.15) is 25.7 Å². The average Bonchev–Trinajstić information content (AvgIpc) is 3.29. The van der Waals surface area contributed by atoms with Crippen molar-refractivity contribution in [2.45, 2.75) is 6.92 Å². The molecule has 0 bridgehead atoms. The van der Waals surface area contributed by atoms with Crippen molar-refractivity contribution in [1.82, 2.24) is 4.98 Å². The van der Waals surface area contributed by atoms with Crippen LogP contribution in [0, 0.1) is 6.92 Å². The zero-order valence-electron chi connectivity index (χ0n) is 14.2. The van der Waals surface area contributed by atoms with Gasteiger partial charge in [-0.05, 0) is 42.6 Å². The molecule has 3 N–H and O–H groups in total. The zero-order valence-corrected chi connectivity index (χ0v) is 15.9. The summed E-state index contributed by atoms with van der Waals surface area (Å²) in [5.74, 6) is -1.63. The van der Waals surface area contributed by atoms with Crippen LogP contribution >= 0.6 is 22.7 Å². The number of nitrogens with zero attached hydrogens (tertiary/aromatic N) is 1. The Morgan fingerprint density at radius 2 is 1.93 bits per heavy atom. The predicted molar refractivity (Wildman–Crippen MR) is 104 cm³/mol. The highest BCUT2D eigenvalue weighted by Crippen LogP contribution is 2.29. The first kappa shape index (κ1) is 18.7. The minimum Gasteiger partial charge on any atom is -0.451 e. The van der Waals surface area contributed by atoms with Gasteiger partial charge < -0.3 is 15.8 Å². The number of esters is 1. The summed E-state index contributed by atoms with van der Waals surface area (Å²) < 4.78 is 5.08. The number of aromatic nitrogens is 1. The Morgan fingerprint density at radius 1 is 1.19 bits per heavy atom. The van der Waals surface area contributed by atoms with Crippen molar-refractivity contribution >= 4 is 46.1 Å². The molecule has 0 aliphatic heterocycles. The lowest BCUT2D eigenvalue weighted by Crippen LogP contribution is -2.21. The number of thiophene rings is 1. The lowest BCUT2D eigenvalue weighted by Gasteiger charge is -2.06. The highest BCUT2D eigenvalue weighted by molar-refractivity contribution is 7.17. The Morgan fingerprint density at radius 3 is 2.56 bits per heavy atom. The third kappa shape index (κ3) is 4.57. The molecule has 0 saturated heterocycles. The number of nitrogens with two attached hydrogens (primary N) is 1. The summed E-state index contributed by atoms with van der Waals surface area (Å²) in [6, 6.07) is 8.00. The number of carbonyl (C=O) groups is 3. The number of thiazole rings is 1. The first-order valence-corrected chi connectivity index (χ1v) is 9.57. The maximum atomic E-state index is 12.2. The van der Waals surface area contributed by atoms with Crippen molar-refractivity contribution in [2.24, 2.45) is 5.73 Å². The molecule has 2 heterocycles. The van der Waals surface area contributed by atoms with Gasteiger partial charge in [-0.1, -0.05) is 0 Å². The van der Waals surface area contributed by atoms with Crippen molar-refractivity contribution in [1.29, 1.82) is 0 Å². The molecule has 9 heteroatoms. The topological polar surface area (TPSA) is 111 Å². The normalized spacial score (nSPS) is 10.4. The number of benzene rings is 1. The summed E-state index contributed by atoms with van der Waals surface area (Å²) in [5, 5.41) is 7.20. The maximum Gasteiger partial charge on any atom is 0.350 e. The largest absolute Gasteiger partial charge is 0.451 e. The molecule has 2 aromatic heterocycles. The van der Waals surface area contributed by atoms with Crippen LogP contribution in [-0.2, 0) is 9.53 Å². The number of primary amides is 1. The molecule has 2 amide bonds. The van der Waals surface area contributed by atoms with Gasteiger partial charge in [-0.25, -0.2) is 9.78 Å². The Hall–Kier alpha value is -3.04. The Bertz CT molecular complexity index is 979. The summed E-state index contributed by atoms with van der Waals surface area (Å²) in [6.07, 6.45) is 0. The zero-order chi connectivity index (χ0) is 19.4. The van der Waals surface area contributed by atoms with Gasteiger partial charge in [-0.3, -0.25) is 9.59 Å². The summed E-state index contributed by atoms with van der Waals surface area (Å²) in [6.45, 7) is 1.30. The molecule has 1 aromatic carbocycles. The fraction of sp³-hybridized carbons (Fsp3) is 0.111. The van der Waals surface area contributed by atoms with Gasteiger partial charge in [0.2, 0.25) is 5.91 Å². The Balaban J connectivity index is 1.57. The van der Waals surface area contributed by atoms with E-state index in [0.29, 0.717) is 21.8 Å². The predicted octanol–water partition coefficient (Wildman–Crippen LogP) is 3.07. The van der Waals surface area contributed by atoms with Crippen molar-refractivity contribution in [3.63, 3.8) is 0 Å². The van der Waals surface area contributed by atoms with Crippen LogP contribution in [0.15, 0.2) is 41.1 Å². The van der Waals surface area contributed by atoms with Gasteiger partial charge in [-0.2, -0.15) is 11.3 Å². The van der Waals surface area contributed by atoms with E-state index in [1.807, 2.05) is 16.8 Å². The van der Waals surface area contributed by atoms with E-state index in [2.05, 4.69) is 10.3 Å². The average molecular weight is 401 g/mol. The fourth-order valence-corrected chi connectivity index (χ4v) is 3.88. The number of amides is 2. The van der Waals surface area contributed by atoms with Gasteiger partial charge >= 0.3 is 5.97 Å². The second-order valence-corrected chi connectivity index (χ2v) is 7.29. The molecule has 3 aromatic rings. The van der Waals surface area contributed by atoms with Gasteiger partial charge in [0.25, 0.3) is 5.91 Å². The minimum atomic E-state index is -0.592. The maximum absolute atomic E-state index is 12.2. The molecule has 0 fully saturated rings. The number of nitrogens with one attached hydrogen (secondary N) is 1. The van der Waals surface area contributed by atoms with Gasteiger partial charge in [0.1, 0.15) is 9.88 Å². The van der Waals surface area contributed by atoms with Gasteiger partial charge in [0.15, 0.2) is 6.61 Å². The van der Waals surface area contributed by atoms with Crippen molar-refractivity contribution < 1.29 is 19.1 Å². The van der Waals surface area contributed by atoms with Crippen molar-refractivity contribution in [2.75, 3.05) is 11.9 Å². The molecular formula is C18H15N3O4S2. The van der Waals surface area contributed by atoms with Gasteiger partial charge in [0, 0.05) is 22.2 Å². The van der Waals surface area contributed by atoms with E-state index >= 15 is 0 Å². The summed E-state index contributed by atoms with van der Waals surface area (Å²) >= 11 is 2.78. The lowest BCUT2D eigenvalue weighted by molar-refractivity contribution is -0.119. The number of carbonyl (C=O) groups excluding carboxylic acids is 3. The number of anilines is 1. The third-order valence-corrected chi connectivity index (χ3v) is 5.41. The van der Waals surface area contributed by atoms with Crippen LogP contribution < -0.4 is 11.1 Å². The third-order valence-electron chi connectivity index (χ3n) is 3.54. The number of hydrogen-bond donors (Lipinski definition) is 2. The quantitative estimate of drug-likeness (QED) is 0.617. The molecule has 0 saturated carbocycles. The smallest absolute Gasteiger partial charge is 0.350 e. The minimum absolute atomic E-state index is 0.335. The Labute approximate surface area is 162 Å². The molecule has 0 aliphatic carbocycles. The lowest BCUT2D eigenvalue weighted by atomic mass is 10.2. The fourth-order valence-electron chi connectivity index (χ4n) is 2.21. The molecule has 0 unspecified atom stereocenters. The molecule has 138 valence electrons. The number of hydrogen-bond acceptors (Lipinski definition) is 7. The number of rotatable bonds is 6. The first-order chi connectivity index (χ1) is 12.9. The molecule has 0 atom stereocenters. The SMILES string of the molecule is Cc1nc(-c2ccsc2)sc1C(=O)OCC(=O)Nc1ccc(C(N)=O)cc1. The van der Waals surface area contributed by atoms with Crippen LogP contribution in [0.3, 0.4) is 0 Å². The van der Waals surface area contributed by atoms with Gasteiger partial charge in [0.05, 0.1) is 5.69 Å². The summed E-state index contributed by atoms with van der Waals surface area (Å²) in [4.78, 5) is 40.0. The van der Waals surface area contributed by atoms with E-state index < -0.39 is 24.4 Å². The standard InChI is InChI=1S/C18H15N3O4S2/c1-10-15(27-17(20-10)12-6-7-26-9-12)18(24)25-8-14(22)21-13-4-2-11(3-5-13)16(19)23/h2-7,9H,8H2,1H3,(H2,19,23)(H,21,22). The molecule has 0 radical (unpaired) electrons. The van der Waals surface area contributed by atoms with Crippen molar-refractivity contribution in [3.05, 3.63) is 57.2 Å². The second kappa shape index (κ2) is 8.11. The van der Waals surface area contributed by atoms with E-state index in [9.17, 15) is 14.4 Å². The molecule has 27 heavy (non-hydrogen) atoms. The van der Waals surface area contributed by atoms with Crippen LogP contribution in [0.2, 0.25) is 0 Å². The summed E-state index contributed by atoms with van der Waals surface area (Å²) in [7, 11) is 0. The highest BCUT2D eigenvalue weighted by atomic mass is 32.1. The van der Waals surface area contributed by atoms with E-state index in [0.717, 1.165) is 10.6 Å². The number of ether oxygens (including phenoxy) is 1. The second-order valence-electron chi connectivity index (χ2n) is 5.51. The van der Waals surface area contributed by atoms with E-state index in [4.69, 9.17) is 10.5 Å². The molecule has 7 nitrogen and oxygen atoms in total. The van der Waals surface area contributed by atoms with E-state index in [1.165, 1.54) is 23.5 Å². The monoisotopic (exact) mass is 401 g/mol. The van der Waals surface area contributed by atoms with Crippen LogP contribution in [0.5, 0.6) is 0 Å². The Kier molecular flexibility index (Phi) is 5.63.